The molecule has 0 fully saturated rings. The summed E-state index contributed by atoms with van der Waals surface area (Å²) in [6, 6.07) is 1.88. The molecule has 0 aromatic rings. The molecular formula is C5H10NNaO3S. The van der Waals surface area contributed by atoms with E-state index in [-0.39, 0.29) is 35.3 Å². The molecule has 1 N–H and O–H groups in total. The van der Waals surface area contributed by atoms with Gasteiger partial charge in [0.15, 0.2) is 0 Å². The van der Waals surface area contributed by atoms with Crippen LogP contribution in [0.5, 0.6) is 0 Å². The Morgan fingerprint density at radius 2 is 1.91 bits per heavy atom. The molecule has 0 spiro atoms. The van der Waals surface area contributed by atoms with Crippen LogP contribution >= 0.6 is 0 Å². The first-order chi connectivity index (χ1) is 4.56. The fourth-order valence-corrected chi connectivity index (χ4v) is 1.06. The molecule has 0 aromatic heterocycles. The number of nitriles is 1. The van der Waals surface area contributed by atoms with Crippen LogP contribution in [0, 0.1) is 11.3 Å². The van der Waals surface area contributed by atoms with E-state index in [1.165, 1.54) is 0 Å². The minimum absolute atomic E-state index is 0. The van der Waals surface area contributed by atoms with Gasteiger partial charge in [0.2, 0.25) is 0 Å². The van der Waals surface area contributed by atoms with Gasteiger partial charge in [0, 0.05) is 6.42 Å². The van der Waals surface area contributed by atoms with Gasteiger partial charge in [-0.1, -0.05) is 0 Å². The molecule has 0 aliphatic carbocycles. The van der Waals surface area contributed by atoms with Crippen molar-refractivity contribution in [3.05, 3.63) is 0 Å². The molecule has 6 heteroatoms. The number of rotatable bonds is 4. The fourth-order valence-electron chi connectivity index (χ4n) is 0.489. The molecule has 11 heavy (non-hydrogen) atoms. The molecule has 0 saturated heterocycles. The van der Waals surface area contributed by atoms with E-state index in [2.05, 4.69) is 0 Å². The quantitative estimate of drug-likeness (QED) is 0.379. The predicted molar refractivity (Wildman–Crippen MR) is 43.0 cm³/mol. The van der Waals surface area contributed by atoms with Crippen LogP contribution in [0.3, 0.4) is 0 Å². The van der Waals surface area contributed by atoms with Crippen molar-refractivity contribution in [1.29, 1.82) is 5.26 Å². The van der Waals surface area contributed by atoms with Gasteiger partial charge in [-0.05, 0) is 12.8 Å². The van der Waals surface area contributed by atoms with Gasteiger partial charge >= 0.3 is 29.6 Å². The maximum absolute atomic E-state index is 10.1. The van der Waals surface area contributed by atoms with E-state index < -0.39 is 10.1 Å². The summed E-state index contributed by atoms with van der Waals surface area (Å²) >= 11 is 0. The summed E-state index contributed by atoms with van der Waals surface area (Å²) in [7, 11) is -3.81. The molecule has 0 aromatic carbocycles. The summed E-state index contributed by atoms with van der Waals surface area (Å²) in [5, 5.41) is 8.03. The Labute approximate surface area is 88.6 Å². The van der Waals surface area contributed by atoms with Gasteiger partial charge in [-0.15, -0.1) is 0 Å². The first-order valence-electron chi connectivity index (χ1n) is 2.88. The van der Waals surface area contributed by atoms with Crippen molar-refractivity contribution in [2.24, 2.45) is 0 Å². The van der Waals surface area contributed by atoms with Crippen molar-refractivity contribution in [2.75, 3.05) is 5.75 Å². The molecule has 0 unspecified atom stereocenters. The normalized spacial score (nSPS) is 9.82. The number of unbranched alkanes of at least 4 members (excludes halogenated alkanes) is 2. The van der Waals surface area contributed by atoms with E-state index in [1.54, 1.807) is 0 Å². The zero-order valence-electron chi connectivity index (χ0n) is 5.45. The molecule has 0 aliphatic heterocycles. The van der Waals surface area contributed by atoms with Crippen LogP contribution in [0.25, 0.3) is 0 Å². The molecule has 0 rings (SSSR count). The van der Waals surface area contributed by atoms with E-state index in [9.17, 15) is 8.42 Å². The van der Waals surface area contributed by atoms with E-state index in [0.29, 0.717) is 19.3 Å². The topological polar surface area (TPSA) is 78.2 Å². The SMILES string of the molecule is N#CCCCCS(=O)(=O)O.[NaH]. The molecule has 0 saturated carbocycles. The molecule has 0 heterocycles. The second kappa shape index (κ2) is 7.07. The van der Waals surface area contributed by atoms with Crippen molar-refractivity contribution in [1.82, 2.24) is 0 Å². The van der Waals surface area contributed by atoms with Crippen LogP contribution in [0.15, 0.2) is 0 Å². The average molecular weight is 187 g/mol. The molecule has 60 valence electrons. The third-order valence-electron chi connectivity index (χ3n) is 0.941. The molecule has 0 bridgehead atoms. The Hall–Kier alpha value is 0.400. The fraction of sp³-hybridized carbons (Fsp3) is 0.800. The van der Waals surface area contributed by atoms with Crippen molar-refractivity contribution in [2.45, 2.75) is 19.3 Å². The molecule has 0 amide bonds. The molecular weight excluding hydrogens is 177 g/mol. The van der Waals surface area contributed by atoms with Gasteiger partial charge in [-0.3, -0.25) is 4.55 Å². The Balaban J connectivity index is 0. The van der Waals surface area contributed by atoms with Gasteiger partial charge in [0.1, 0.15) is 0 Å². The second-order valence-electron chi connectivity index (χ2n) is 1.90. The number of hydrogen-bond acceptors (Lipinski definition) is 3. The van der Waals surface area contributed by atoms with Gasteiger partial charge in [0.05, 0.1) is 11.8 Å². The first-order valence-corrected chi connectivity index (χ1v) is 4.49. The zero-order chi connectivity index (χ0) is 8.04. The van der Waals surface area contributed by atoms with Gasteiger partial charge in [0.25, 0.3) is 10.1 Å². The Morgan fingerprint density at radius 1 is 1.36 bits per heavy atom. The van der Waals surface area contributed by atoms with Crippen molar-refractivity contribution in [3.63, 3.8) is 0 Å². The van der Waals surface area contributed by atoms with Crippen LogP contribution in [0.2, 0.25) is 0 Å². The molecule has 4 nitrogen and oxygen atoms in total. The standard InChI is InChI=1S/C5H9NO3S.Na.H/c6-4-2-1-3-5-10(7,8)9;;/h1-3,5H2,(H,7,8,9);;. The third kappa shape index (κ3) is 13.4. The second-order valence-corrected chi connectivity index (χ2v) is 3.47. The van der Waals surface area contributed by atoms with E-state index in [1.807, 2.05) is 6.07 Å². The Morgan fingerprint density at radius 3 is 2.27 bits per heavy atom. The van der Waals surface area contributed by atoms with Gasteiger partial charge in [-0.25, -0.2) is 0 Å². The summed E-state index contributed by atoms with van der Waals surface area (Å²) in [5.74, 6) is -0.241. The minimum atomic E-state index is -3.81. The van der Waals surface area contributed by atoms with E-state index >= 15 is 0 Å². The van der Waals surface area contributed by atoms with E-state index in [0.717, 1.165) is 0 Å². The Bertz CT molecular complexity index is 218. The van der Waals surface area contributed by atoms with Crippen molar-refractivity contribution < 1.29 is 13.0 Å². The van der Waals surface area contributed by atoms with E-state index in [4.69, 9.17) is 9.81 Å². The summed E-state index contributed by atoms with van der Waals surface area (Å²) in [6.07, 6.45) is 1.22. The zero-order valence-corrected chi connectivity index (χ0v) is 6.26. The van der Waals surface area contributed by atoms with Crippen molar-refractivity contribution in [3.8, 4) is 6.07 Å². The molecule has 0 aliphatic rings. The van der Waals surface area contributed by atoms with Crippen LogP contribution in [-0.2, 0) is 10.1 Å². The van der Waals surface area contributed by atoms with Gasteiger partial charge in [-0.2, -0.15) is 13.7 Å². The number of nitrogens with zero attached hydrogens (tertiary/aromatic N) is 1. The summed E-state index contributed by atoms with van der Waals surface area (Å²) in [5.41, 5.74) is 0. The molecule has 0 atom stereocenters. The predicted octanol–water partition coefficient (Wildman–Crippen LogP) is -0.0804. The average Bonchev–Trinajstić information content (AvgIpc) is 1.78. The third-order valence-corrected chi connectivity index (χ3v) is 1.75. The Kier molecular flexibility index (Phi) is 8.97. The number of hydrogen-bond donors (Lipinski definition) is 1. The van der Waals surface area contributed by atoms with Gasteiger partial charge < -0.3 is 0 Å². The van der Waals surface area contributed by atoms with Crippen LogP contribution in [0.4, 0.5) is 0 Å². The maximum atomic E-state index is 10.1. The summed E-state index contributed by atoms with van der Waals surface area (Å²) < 4.78 is 28.3. The van der Waals surface area contributed by atoms with Crippen molar-refractivity contribution >= 4 is 39.7 Å². The van der Waals surface area contributed by atoms with Crippen LogP contribution < -0.4 is 0 Å². The monoisotopic (exact) mass is 187 g/mol. The molecule has 0 radical (unpaired) electrons. The summed E-state index contributed by atoms with van der Waals surface area (Å²) in [4.78, 5) is 0. The van der Waals surface area contributed by atoms with Crippen LogP contribution in [0.1, 0.15) is 19.3 Å². The summed E-state index contributed by atoms with van der Waals surface area (Å²) in [6.45, 7) is 0. The first kappa shape index (κ1) is 14.0. The van der Waals surface area contributed by atoms with Crippen LogP contribution in [-0.4, -0.2) is 48.3 Å².